The first-order valence-corrected chi connectivity index (χ1v) is 9.38. The fourth-order valence-electron chi connectivity index (χ4n) is 3.40. The average Bonchev–Trinajstić information content (AvgIpc) is 3.46. The molecule has 1 aliphatic carbocycles. The number of benzene rings is 1. The summed E-state index contributed by atoms with van der Waals surface area (Å²) in [6.45, 7) is 1.63. The molecule has 1 fully saturated rings. The number of hydrogen-bond acceptors (Lipinski definition) is 6. The summed E-state index contributed by atoms with van der Waals surface area (Å²) in [7, 11) is 1.63. The zero-order valence-corrected chi connectivity index (χ0v) is 15.6. The van der Waals surface area contributed by atoms with Crippen LogP contribution in [0.5, 0.6) is 5.75 Å². The van der Waals surface area contributed by atoms with Crippen molar-refractivity contribution in [2.75, 3.05) is 32.7 Å². The highest BCUT2D eigenvalue weighted by atomic mass is 16.5. The SMILES string of the molecule is COCCOCCCc1cc(O)c(C(c2cccc(N)c2)C2CC2)c(=O)o1. The summed E-state index contributed by atoms with van der Waals surface area (Å²) in [5.74, 6) is 0.622. The Balaban J connectivity index is 1.74. The maximum Gasteiger partial charge on any atom is 0.343 e. The number of ether oxygens (including phenoxy) is 2. The van der Waals surface area contributed by atoms with E-state index in [4.69, 9.17) is 19.6 Å². The first kappa shape index (κ1) is 19.5. The number of hydrogen-bond donors (Lipinski definition) is 2. The zero-order chi connectivity index (χ0) is 19.2. The quantitative estimate of drug-likeness (QED) is 0.491. The Morgan fingerprint density at radius 1 is 1.26 bits per heavy atom. The first-order valence-electron chi connectivity index (χ1n) is 9.38. The van der Waals surface area contributed by atoms with Crippen LogP contribution in [0.3, 0.4) is 0 Å². The van der Waals surface area contributed by atoms with Crippen molar-refractivity contribution in [3.8, 4) is 5.75 Å². The Labute approximate surface area is 158 Å². The van der Waals surface area contributed by atoms with E-state index in [2.05, 4.69) is 0 Å². The number of aryl methyl sites for hydroxylation is 1. The molecule has 1 atom stereocenters. The lowest BCUT2D eigenvalue weighted by atomic mass is 9.87. The van der Waals surface area contributed by atoms with Crippen LogP contribution in [0.1, 0.15) is 42.1 Å². The van der Waals surface area contributed by atoms with Crippen LogP contribution in [0.2, 0.25) is 0 Å². The highest BCUT2D eigenvalue weighted by Crippen LogP contribution is 2.47. The molecule has 1 saturated carbocycles. The van der Waals surface area contributed by atoms with Crippen LogP contribution in [0.25, 0.3) is 0 Å². The van der Waals surface area contributed by atoms with E-state index >= 15 is 0 Å². The van der Waals surface area contributed by atoms with Crippen molar-refractivity contribution in [1.82, 2.24) is 0 Å². The first-order chi connectivity index (χ1) is 13.1. The van der Waals surface area contributed by atoms with Crippen molar-refractivity contribution < 1.29 is 19.0 Å². The third-order valence-corrected chi connectivity index (χ3v) is 4.84. The van der Waals surface area contributed by atoms with Crippen LogP contribution in [0, 0.1) is 5.92 Å². The molecule has 1 heterocycles. The van der Waals surface area contributed by atoms with E-state index in [0.717, 1.165) is 18.4 Å². The molecule has 27 heavy (non-hydrogen) atoms. The molecule has 1 unspecified atom stereocenters. The van der Waals surface area contributed by atoms with E-state index in [0.29, 0.717) is 55.6 Å². The number of anilines is 1. The van der Waals surface area contributed by atoms with Gasteiger partial charge in [-0.05, 0) is 42.9 Å². The highest BCUT2D eigenvalue weighted by Gasteiger charge is 2.37. The van der Waals surface area contributed by atoms with Gasteiger partial charge < -0.3 is 24.7 Å². The number of aromatic hydroxyl groups is 1. The van der Waals surface area contributed by atoms with Crippen molar-refractivity contribution in [3.05, 3.63) is 57.6 Å². The second-order valence-corrected chi connectivity index (χ2v) is 6.99. The van der Waals surface area contributed by atoms with E-state index < -0.39 is 5.63 Å². The molecule has 6 nitrogen and oxygen atoms in total. The Kier molecular flexibility index (Phi) is 6.53. The number of nitrogens with two attached hydrogens (primary N) is 1. The second-order valence-electron chi connectivity index (χ2n) is 6.99. The molecule has 0 aliphatic heterocycles. The van der Waals surface area contributed by atoms with E-state index in [1.165, 1.54) is 0 Å². The molecule has 3 rings (SSSR count). The summed E-state index contributed by atoms with van der Waals surface area (Å²) < 4.78 is 15.8. The lowest BCUT2D eigenvalue weighted by molar-refractivity contribution is 0.0690. The molecule has 0 saturated heterocycles. The third-order valence-electron chi connectivity index (χ3n) is 4.84. The molecule has 3 N–H and O–H groups in total. The van der Waals surface area contributed by atoms with E-state index in [9.17, 15) is 9.90 Å². The van der Waals surface area contributed by atoms with Crippen LogP contribution < -0.4 is 11.4 Å². The van der Waals surface area contributed by atoms with Gasteiger partial charge in [-0.25, -0.2) is 4.79 Å². The van der Waals surface area contributed by atoms with Crippen molar-refractivity contribution in [2.24, 2.45) is 5.92 Å². The van der Waals surface area contributed by atoms with Crippen LogP contribution in [-0.4, -0.2) is 32.0 Å². The minimum absolute atomic E-state index is 0.000811. The van der Waals surface area contributed by atoms with E-state index in [1.807, 2.05) is 24.3 Å². The van der Waals surface area contributed by atoms with Crippen LogP contribution in [0.15, 0.2) is 39.5 Å². The van der Waals surface area contributed by atoms with E-state index in [-0.39, 0.29) is 11.7 Å². The van der Waals surface area contributed by atoms with Gasteiger partial charge >= 0.3 is 5.63 Å². The molecule has 1 aromatic carbocycles. The molecule has 0 radical (unpaired) electrons. The van der Waals surface area contributed by atoms with Gasteiger partial charge in [0.15, 0.2) is 0 Å². The number of rotatable bonds is 10. The van der Waals surface area contributed by atoms with Gasteiger partial charge in [-0.3, -0.25) is 0 Å². The maximum absolute atomic E-state index is 12.7. The van der Waals surface area contributed by atoms with Crippen molar-refractivity contribution in [3.63, 3.8) is 0 Å². The van der Waals surface area contributed by atoms with Crippen molar-refractivity contribution in [2.45, 2.75) is 31.6 Å². The van der Waals surface area contributed by atoms with Gasteiger partial charge in [0.1, 0.15) is 11.5 Å². The molecule has 146 valence electrons. The highest BCUT2D eigenvalue weighted by molar-refractivity contribution is 5.47. The van der Waals surface area contributed by atoms with Crippen LogP contribution in [0.4, 0.5) is 5.69 Å². The molecular formula is C21H27NO5. The molecule has 0 spiro atoms. The smallest absolute Gasteiger partial charge is 0.343 e. The Hall–Kier alpha value is -2.31. The van der Waals surface area contributed by atoms with Gasteiger partial charge in [-0.2, -0.15) is 0 Å². The van der Waals surface area contributed by atoms with Gasteiger partial charge in [-0.1, -0.05) is 12.1 Å². The number of methoxy groups -OCH3 is 1. The van der Waals surface area contributed by atoms with Gasteiger partial charge in [0, 0.05) is 37.8 Å². The fraction of sp³-hybridized carbons (Fsp3) is 0.476. The Morgan fingerprint density at radius 3 is 2.74 bits per heavy atom. The van der Waals surface area contributed by atoms with Gasteiger partial charge in [-0.15, -0.1) is 0 Å². The third kappa shape index (κ3) is 5.11. The van der Waals surface area contributed by atoms with Crippen LogP contribution >= 0.6 is 0 Å². The molecule has 1 aromatic heterocycles. The van der Waals surface area contributed by atoms with Crippen LogP contribution in [-0.2, 0) is 15.9 Å². The molecule has 6 heteroatoms. The molecule has 1 aliphatic rings. The molecule has 0 bridgehead atoms. The fourth-order valence-corrected chi connectivity index (χ4v) is 3.40. The lowest BCUT2D eigenvalue weighted by Crippen LogP contribution is -2.17. The van der Waals surface area contributed by atoms with E-state index in [1.54, 1.807) is 13.2 Å². The molecule has 2 aromatic rings. The largest absolute Gasteiger partial charge is 0.507 e. The summed E-state index contributed by atoms with van der Waals surface area (Å²) in [5, 5.41) is 10.6. The lowest BCUT2D eigenvalue weighted by Gasteiger charge is -2.18. The monoisotopic (exact) mass is 373 g/mol. The predicted molar refractivity (Wildman–Crippen MR) is 103 cm³/mol. The zero-order valence-electron chi connectivity index (χ0n) is 15.6. The Bertz CT molecular complexity index is 812. The minimum atomic E-state index is -0.468. The summed E-state index contributed by atoms with van der Waals surface area (Å²) in [6, 6.07) is 9.06. The van der Waals surface area contributed by atoms with Gasteiger partial charge in [0.25, 0.3) is 0 Å². The number of nitrogen functional groups attached to an aromatic ring is 1. The minimum Gasteiger partial charge on any atom is -0.507 e. The molecular weight excluding hydrogens is 346 g/mol. The van der Waals surface area contributed by atoms with Crippen molar-refractivity contribution in [1.29, 1.82) is 0 Å². The predicted octanol–water partition coefficient (Wildman–Crippen LogP) is 3.07. The molecule has 0 amide bonds. The summed E-state index contributed by atoms with van der Waals surface area (Å²) >= 11 is 0. The second kappa shape index (κ2) is 9.06. The maximum atomic E-state index is 12.7. The van der Waals surface area contributed by atoms with Gasteiger partial charge in [0.05, 0.1) is 18.8 Å². The normalized spacial score (nSPS) is 15.0. The average molecular weight is 373 g/mol. The van der Waals surface area contributed by atoms with Crippen molar-refractivity contribution >= 4 is 5.69 Å². The summed E-state index contributed by atoms with van der Waals surface area (Å²) in [6.07, 6.45) is 3.28. The standard InChI is InChI=1S/C21H27NO5/c1-25-10-11-26-9-3-6-17-13-18(23)20(21(24)27-17)19(14-7-8-14)15-4-2-5-16(22)12-15/h2,4-5,12-14,19,23H,3,6-11,22H2,1H3. The summed E-state index contributed by atoms with van der Waals surface area (Å²) in [5.41, 5.74) is 7.37. The topological polar surface area (TPSA) is 94.9 Å². The van der Waals surface area contributed by atoms with Gasteiger partial charge in [0.2, 0.25) is 0 Å². The summed E-state index contributed by atoms with van der Waals surface area (Å²) in [4.78, 5) is 12.7. The Morgan fingerprint density at radius 2 is 2.07 bits per heavy atom.